The highest BCUT2D eigenvalue weighted by Gasteiger charge is 2.43. The van der Waals surface area contributed by atoms with Crippen molar-refractivity contribution in [3.63, 3.8) is 0 Å². The molecular weight excluding hydrogens is 300 g/mol. The van der Waals surface area contributed by atoms with E-state index in [1.165, 1.54) is 7.11 Å². The number of likely N-dealkylation sites (tertiary alicyclic amines) is 1. The minimum atomic E-state index is -1.03. The number of carbonyl (C=O) groups is 3. The van der Waals surface area contributed by atoms with Crippen LogP contribution in [0.5, 0.6) is 0 Å². The minimum absolute atomic E-state index is 0.0902. The molecule has 0 aromatic heterocycles. The smallest absolute Gasteiger partial charge is 0.313 e. The van der Waals surface area contributed by atoms with Crippen LogP contribution in [0.15, 0.2) is 0 Å². The zero-order chi connectivity index (χ0) is 17.7. The quantitative estimate of drug-likeness (QED) is 0.754. The SMILES string of the molecule is COCC1(C(=O)O)CCCN(C(=O)CCNC(=O)C(C)(C)C)C1. The molecule has 7 heteroatoms. The third-order valence-corrected chi connectivity index (χ3v) is 4.11. The third kappa shape index (κ3) is 5.20. The molecule has 0 aromatic carbocycles. The number of hydrogen-bond donors (Lipinski definition) is 2. The number of nitrogens with zero attached hydrogens (tertiary/aromatic N) is 1. The van der Waals surface area contributed by atoms with Gasteiger partial charge in [-0.1, -0.05) is 20.8 Å². The predicted molar refractivity (Wildman–Crippen MR) is 84.8 cm³/mol. The topological polar surface area (TPSA) is 95.9 Å². The molecule has 2 amide bonds. The molecule has 1 atom stereocenters. The lowest BCUT2D eigenvalue weighted by Gasteiger charge is -2.39. The second-order valence-corrected chi connectivity index (χ2v) is 7.19. The molecule has 0 aliphatic carbocycles. The Morgan fingerprint density at radius 1 is 1.30 bits per heavy atom. The zero-order valence-electron chi connectivity index (χ0n) is 14.5. The number of carboxylic acids is 1. The van der Waals surface area contributed by atoms with Gasteiger partial charge >= 0.3 is 5.97 Å². The van der Waals surface area contributed by atoms with E-state index in [9.17, 15) is 19.5 Å². The van der Waals surface area contributed by atoms with Crippen LogP contribution in [0.4, 0.5) is 0 Å². The van der Waals surface area contributed by atoms with E-state index in [0.717, 1.165) is 0 Å². The largest absolute Gasteiger partial charge is 0.481 e. The first-order chi connectivity index (χ1) is 10.6. The van der Waals surface area contributed by atoms with Gasteiger partial charge in [-0.25, -0.2) is 0 Å². The van der Waals surface area contributed by atoms with E-state index in [2.05, 4.69) is 5.32 Å². The fourth-order valence-electron chi connectivity index (χ4n) is 2.68. The molecule has 1 rings (SSSR count). The molecule has 23 heavy (non-hydrogen) atoms. The number of carbonyl (C=O) groups excluding carboxylic acids is 2. The van der Waals surface area contributed by atoms with E-state index in [4.69, 9.17) is 4.74 Å². The summed E-state index contributed by atoms with van der Waals surface area (Å²) in [6.07, 6.45) is 1.31. The van der Waals surface area contributed by atoms with Crippen LogP contribution in [-0.2, 0) is 19.1 Å². The fraction of sp³-hybridized carbons (Fsp3) is 0.812. The highest BCUT2D eigenvalue weighted by atomic mass is 16.5. The third-order valence-electron chi connectivity index (χ3n) is 4.11. The number of piperidine rings is 1. The Hall–Kier alpha value is -1.63. The van der Waals surface area contributed by atoms with Crippen molar-refractivity contribution >= 4 is 17.8 Å². The molecule has 0 radical (unpaired) electrons. The first-order valence-corrected chi connectivity index (χ1v) is 7.91. The summed E-state index contributed by atoms with van der Waals surface area (Å²) < 4.78 is 5.05. The van der Waals surface area contributed by atoms with Crippen LogP contribution in [0.2, 0.25) is 0 Å². The summed E-state index contributed by atoms with van der Waals surface area (Å²) in [5.74, 6) is -1.18. The molecule has 0 spiro atoms. The first-order valence-electron chi connectivity index (χ1n) is 7.91. The van der Waals surface area contributed by atoms with Crippen molar-refractivity contribution in [2.75, 3.05) is 33.4 Å². The van der Waals surface area contributed by atoms with Crippen molar-refractivity contribution < 1.29 is 24.2 Å². The van der Waals surface area contributed by atoms with Gasteiger partial charge in [0.05, 0.1) is 6.61 Å². The molecule has 1 aliphatic heterocycles. The number of aliphatic carboxylic acids is 1. The maximum atomic E-state index is 12.3. The van der Waals surface area contributed by atoms with E-state index in [1.807, 2.05) is 0 Å². The summed E-state index contributed by atoms with van der Waals surface area (Å²) in [6.45, 7) is 6.47. The summed E-state index contributed by atoms with van der Waals surface area (Å²) in [5, 5.41) is 12.2. The average Bonchev–Trinajstić information content (AvgIpc) is 2.46. The number of amides is 2. The predicted octanol–water partition coefficient (Wildman–Crippen LogP) is 0.879. The maximum absolute atomic E-state index is 12.3. The highest BCUT2D eigenvalue weighted by molar-refractivity contribution is 5.83. The Bertz CT molecular complexity index is 454. The van der Waals surface area contributed by atoms with E-state index in [-0.39, 0.29) is 37.9 Å². The molecule has 1 aliphatic rings. The Labute approximate surface area is 137 Å². The Kier molecular flexibility index (Phi) is 6.56. The van der Waals surface area contributed by atoms with Gasteiger partial charge in [-0.05, 0) is 12.8 Å². The molecule has 1 heterocycles. The van der Waals surface area contributed by atoms with Gasteiger partial charge in [-0.15, -0.1) is 0 Å². The van der Waals surface area contributed by atoms with E-state index in [0.29, 0.717) is 19.4 Å². The fourth-order valence-corrected chi connectivity index (χ4v) is 2.68. The van der Waals surface area contributed by atoms with Crippen LogP contribution in [-0.4, -0.2) is 61.1 Å². The Balaban J connectivity index is 2.56. The van der Waals surface area contributed by atoms with Gasteiger partial charge < -0.3 is 20.1 Å². The van der Waals surface area contributed by atoms with Gasteiger partial charge in [0.1, 0.15) is 5.41 Å². The first kappa shape index (κ1) is 19.4. The van der Waals surface area contributed by atoms with Gasteiger partial charge in [0.15, 0.2) is 0 Å². The molecular formula is C16H28N2O5. The zero-order valence-corrected chi connectivity index (χ0v) is 14.5. The maximum Gasteiger partial charge on any atom is 0.313 e. The monoisotopic (exact) mass is 328 g/mol. The average molecular weight is 328 g/mol. The van der Waals surface area contributed by atoms with Crippen LogP contribution in [0.3, 0.4) is 0 Å². The van der Waals surface area contributed by atoms with Crippen LogP contribution in [0, 0.1) is 10.8 Å². The minimum Gasteiger partial charge on any atom is -0.481 e. The lowest BCUT2D eigenvalue weighted by molar-refractivity contribution is -0.159. The Morgan fingerprint density at radius 2 is 1.96 bits per heavy atom. The van der Waals surface area contributed by atoms with Gasteiger partial charge in [0.25, 0.3) is 0 Å². The lowest BCUT2D eigenvalue weighted by Crippen LogP contribution is -2.52. The second-order valence-electron chi connectivity index (χ2n) is 7.19. The number of methoxy groups -OCH3 is 1. The summed E-state index contributed by atoms with van der Waals surface area (Å²) in [6, 6.07) is 0. The number of nitrogens with one attached hydrogen (secondary N) is 1. The van der Waals surface area contributed by atoms with Crippen molar-refractivity contribution in [2.45, 2.75) is 40.0 Å². The van der Waals surface area contributed by atoms with Gasteiger partial charge in [0.2, 0.25) is 11.8 Å². The summed E-state index contributed by atoms with van der Waals surface area (Å²) in [7, 11) is 1.47. The van der Waals surface area contributed by atoms with E-state index >= 15 is 0 Å². The van der Waals surface area contributed by atoms with Crippen LogP contribution >= 0.6 is 0 Å². The molecule has 1 fully saturated rings. The molecule has 0 aromatic rings. The molecule has 1 saturated heterocycles. The summed E-state index contributed by atoms with van der Waals surface area (Å²) in [4.78, 5) is 37.2. The standard InChI is InChI=1S/C16H28N2O5/c1-15(2,3)13(20)17-8-6-12(19)18-9-5-7-16(10-18,11-23-4)14(21)22/h5-11H2,1-4H3,(H,17,20)(H,21,22). The van der Waals surface area contributed by atoms with E-state index in [1.54, 1.807) is 25.7 Å². The van der Waals surface area contributed by atoms with Crippen molar-refractivity contribution in [1.82, 2.24) is 10.2 Å². The number of hydrogen-bond acceptors (Lipinski definition) is 4. The van der Waals surface area contributed by atoms with Crippen LogP contribution in [0.25, 0.3) is 0 Å². The highest BCUT2D eigenvalue weighted by Crippen LogP contribution is 2.31. The summed E-state index contributed by atoms with van der Waals surface area (Å²) in [5.41, 5.74) is -1.53. The number of carboxylic acid groups (broad SMARTS) is 1. The van der Waals surface area contributed by atoms with Gasteiger partial charge in [0, 0.05) is 38.6 Å². The molecule has 7 nitrogen and oxygen atoms in total. The van der Waals surface area contributed by atoms with Crippen molar-refractivity contribution in [3.05, 3.63) is 0 Å². The lowest BCUT2D eigenvalue weighted by atomic mass is 9.80. The van der Waals surface area contributed by atoms with E-state index < -0.39 is 16.8 Å². The van der Waals surface area contributed by atoms with Crippen molar-refractivity contribution in [3.8, 4) is 0 Å². The number of rotatable bonds is 6. The second kappa shape index (κ2) is 7.77. The molecule has 2 N–H and O–H groups in total. The molecule has 1 unspecified atom stereocenters. The van der Waals surface area contributed by atoms with Crippen LogP contribution < -0.4 is 5.32 Å². The molecule has 0 saturated carbocycles. The van der Waals surface area contributed by atoms with Gasteiger partial charge in [-0.2, -0.15) is 0 Å². The van der Waals surface area contributed by atoms with Crippen LogP contribution in [0.1, 0.15) is 40.0 Å². The van der Waals surface area contributed by atoms with Crippen molar-refractivity contribution in [1.29, 1.82) is 0 Å². The van der Waals surface area contributed by atoms with Gasteiger partial charge in [-0.3, -0.25) is 14.4 Å². The molecule has 132 valence electrons. The number of ether oxygens (including phenoxy) is 1. The Morgan fingerprint density at radius 3 is 2.48 bits per heavy atom. The molecule has 0 bridgehead atoms. The van der Waals surface area contributed by atoms with Crippen molar-refractivity contribution in [2.24, 2.45) is 10.8 Å². The summed E-state index contributed by atoms with van der Waals surface area (Å²) >= 11 is 0. The normalized spacial score (nSPS) is 21.8.